The molecule has 0 saturated carbocycles. The Hall–Kier alpha value is -3.11. The summed E-state index contributed by atoms with van der Waals surface area (Å²) in [6, 6.07) is 10.3. The maximum Gasteiger partial charge on any atom is 0.251 e. The van der Waals surface area contributed by atoms with Crippen LogP contribution in [0.3, 0.4) is 0 Å². The highest BCUT2D eigenvalue weighted by Gasteiger charge is 2.14. The van der Waals surface area contributed by atoms with Crippen molar-refractivity contribution in [2.45, 2.75) is 0 Å². The number of nitrogens with two attached hydrogens (primary N) is 1. The Morgan fingerprint density at radius 1 is 1.32 bits per heavy atom. The summed E-state index contributed by atoms with van der Waals surface area (Å²) in [7, 11) is 1.64. The molecular weight excluding hydrogens is 347 g/mol. The Morgan fingerprint density at radius 3 is 2.68 bits per heavy atom. The molecule has 0 radical (unpaired) electrons. The van der Waals surface area contributed by atoms with Gasteiger partial charge in [0.25, 0.3) is 5.91 Å². The molecule has 2 aromatic rings. The molecule has 6 nitrogen and oxygen atoms in total. The monoisotopic (exact) mass is 360 g/mol. The molecule has 25 heavy (non-hydrogen) atoms. The van der Waals surface area contributed by atoms with E-state index in [1.54, 1.807) is 24.1 Å². The molecule has 0 fully saturated rings. The van der Waals surface area contributed by atoms with E-state index in [1.165, 1.54) is 18.2 Å². The van der Waals surface area contributed by atoms with Crippen LogP contribution in [0.5, 0.6) is 0 Å². The topological polar surface area (TPSA) is 99.2 Å². The second-order valence-electron chi connectivity index (χ2n) is 5.24. The highest BCUT2D eigenvalue weighted by molar-refractivity contribution is 6.30. The number of amides is 2. The molecule has 0 aliphatic heterocycles. The second kappa shape index (κ2) is 7.64. The van der Waals surface area contributed by atoms with Crippen molar-refractivity contribution in [3.05, 3.63) is 58.4 Å². The van der Waals surface area contributed by atoms with Crippen molar-refractivity contribution in [2.24, 2.45) is 5.73 Å². The molecule has 0 aromatic heterocycles. The first-order valence-corrected chi connectivity index (χ1v) is 7.49. The van der Waals surface area contributed by atoms with Crippen LogP contribution in [0.25, 0.3) is 0 Å². The van der Waals surface area contributed by atoms with Gasteiger partial charge in [-0.05, 0) is 36.4 Å². The number of carbonyl (C=O) groups is 2. The molecule has 0 unspecified atom stereocenters. The van der Waals surface area contributed by atoms with Crippen LogP contribution in [-0.2, 0) is 4.79 Å². The maximum atomic E-state index is 13.4. The molecule has 8 heteroatoms. The van der Waals surface area contributed by atoms with Gasteiger partial charge in [-0.1, -0.05) is 11.6 Å². The Labute approximate surface area is 148 Å². The summed E-state index contributed by atoms with van der Waals surface area (Å²) in [6.07, 6.45) is 0. The predicted octanol–water partition coefficient (Wildman–Crippen LogP) is 2.52. The molecule has 0 aliphatic rings. The molecule has 0 atom stereocenters. The zero-order valence-corrected chi connectivity index (χ0v) is 14.0. The summed E-state index contributed by atoms with van der Waals surface area (Å²) >= 11 is 5.85. The Morgan fingerprint density at radius 2 is 2.04 bits per heavy atom. The fraction of sp³-hybridized carbons (Fsp3) is 0.118. The Kier molecular flexibility index (Phi) is 5.57. The van der Waals surface area contributed by atoms with Crippen molar-refractivity contribution in [3.8, 4) is 6.07 Å². The Balaban J connectivity index is 2.12. The van der Waals surface area contributed by atoms with E-state index in [0.717, 1.165) is 6.07 Å². The number of anilines is 2. The number of carbonyl (C=O) groups excluding carboxylic acids is 2. The maximum absolute atomic E-state index is 13.4. The molecule has 2 rings (SSSR count). The summed E-state index contributed by atoms with van der Waals surface area (Å²) in [5, 5.41) is 12.1. The highest BCUT2D eigenvalue weighted by Crippen LogP contribution is 2.23. The molecule has 3 N–H and O–H groups in total. The first-order chi connectivity index (χ1) is 11.8. The van der Waals surface area contributed by atoms with Gasteiger partial charge in [-0.25, -0.2) is 4.39 Å². The number of rotatable bonds is 5. The molecule has 0 spiro atoms. The lowest BCUT2D eigenvalue weighted by atomic mass is 10.1. The zero-order valence-electron chi connectivity index (χ0n) is 13.2. The molecule has 0 bridgehead atoms. The third kappa shape index (κ3) is 4.46. The number of likely N-dealkylation sites (N-methyl/N-ethyl adjacent to an activating group) is 1. The molecule has 0 aliphatic carbocycles. The van der Waals surface area contributed by atoms with Gasteiger partial charge in [0, 0.05) is 17.8 Å². The molecule has 0 heterocycles. The lowest BCUT2D eigenvalue weighted by Gasteiger charge is -2.20. The van der Waals surface area contributed by atoms with Crippen LogP contribution in [0.15, 0.2) is 36.4 Å². The number of hydrogen-bond donors (Lipinski definition) is 2. The molecule has 2 aromatic carbocycles. The number of hydrogen-bond acceptors (Lipinski definition) is 4. The zero-order chi connectivity index (χ0) is 18.6. The van der Waals surface area contributed by atoms with Crippen LogP contribution < -0.4 is 16.0 Å². The van der Waals surface area contributed by atoms with Gasteiger partial charge in [0.15, 0.2) is 0 Å². The SMILES string of the molecule is CN(CC(=O)Nc1ccc(F)c(C(N)=O)c1)c1ccc(Cl)cc1C#N. The van der Waals surface area contributed by atoms with Gasteiger partial charge in [0.05, 0.1) is 23.4 Å². The fourth-order valence-corrected chi connectivity index (χ4v) is 2.40. The summed E-state index contributed by atoms with van der Waals surface area (Å²) < 4.78 is 13.4. The van der Waals surface area contributed by atoms with Gasteiger partial charge in [-0.2, -0.15) is 5.26 Å². The molecule has 128 valence electrons. The lowest BCUT2D eigenvalue weighted by Crippen LogP contribution is -2.30. The normalized spacial score (nSPS) is 10.0. The summed E-state index contributed by atoms with van der Waals surface area (Å²) in [4.78, 5) is 24.9. The lowest BCUT2D eigenvalue weighted by molar-refractivity contribution is -0.114. The van der Waals surface area contributed by atoms with Crippen molar-refractivity contribution in [3.63, 3.8) is 0 Å². The minimum Gasteiger partial charge on any atom is -0.366 e. The van der Waals surface area contributed by atoms with Gasteiger partial charge in [0.1, 0.15) is 11.9 Å². The van der Waals surface area contributed by atoms with E-state index in [-0.39, 0.29) is 17.8 Å². The number of benzene rings is 2. The first-order valence-electron chi connectivity index (χ1n) is 7.12. The predicted molar refractivity (Wildman–Crippen MR) is 93.0 cm³/mol. The first kappa shape index (κ1) is 18.2. The van der Waals surface area contributed by atoms with Crippen molar-refractivity contribution in [1.29, 1.82) is 5.26 Å². The van der Waals surface area contributed by atoms with E-state index in [1.807, 2.05) is 6.07 Å². The van der Waals surface area contributed by atoms with Gasteiger partial charge in [0.2, 0.25) is 5.91 Å². The van der Waals surface area contributed by atoms with Crippen molar-refractivity contribution in [1.82, 2.24) is 0 Å². The summed E-state index contributed by atoms with van der Waals surface area (Å²) in [5.41, 5.74) is 5.88. The van der Waals surface area contributed by atoms with E-state index in [4.69, 9.17) is 22.6 Å². The van der Waals surface area contributed by atoms with Crippen molar-refractivity contribution >= 4 is 34.8 Å². The van der Waals surface area contributed by atoms with Crippen molar-refractivity contribution in [2.75, 3.05) is 23.8 Å². The Bertz CT molecular complexity index is 879. The second-order valence-corrected chi connectivity index (χ2v) is 5.67. The number of halogens is 2. The molecule has 0 saturated heterocycles. The van der Waals surface area contributed by atoms with Gasteiger partial charge < -0.3 is 16.0 Å². The molecule has 2 amide bonds. The van der Waals surface area contributed by atoms with Crippen LogP contribution in [0.1, 0.15) is 15.9 Å². The van der Waals surface area contributed by atoms with E-state index in [2.05, 4.69) is 5.32 Å². The van der Waals surface area contributed by atoms with Crippen LogP contribution in [0, 0.1) is 17.1 Å². The number of nitrogens with zero attached hydrogens (tertiary/aromatic N) is 2. The van der Waals surface area contributed by atoms with Crippen molar-refractivity contribution < 1.29 is 14.0 Å². The minimum atomic E-state index is -0.925. The third-order valence-electron chi connectivity index (χ3n) is 3.39. The fourth-order valence-electron chi connectivity index (χ4n) is 2.22. The van der Waals surface area contributed by atoms with Crippen LogP contribution in [0.4, 0.5) is 15.8 Å². The summed E-state index contributed by atoms with van der Waals surface area (Å²) in [5.74, 6) is -2.10. The standard InChI is InChI=1S/C17H14ClFN4O2/c1-23(15-5-2-11(18)6-10(15)8-20)9-16(24)22-12-3-4-14(19)13(7-12)17(21)25/h2-7H,9H2,1H3,(H2,21,25)(H,22,24). The van der Waals surface area contributed by atoms with Gasteiger partial charge in [-0.15, -0.1) is 0 Å². The number of nitrogens with one attached hydrogen (secondary N) is 1. The van der Waals surface area contributed by atoms with Crippen LogP contribution in [0.2, 0.25) is 5.02 Å². The average molecular weight is 361 g/mol. The number of nitriles is 1. The number of primary amides is 1. The van der Waals surface area contributed by atoms with Gasteiger partial charge >= 0.3 is 0 Å². The van der Waals surface area contributed by atoms with E-state index >= 15 is 0 Å². The quantitative estimate of drug-likeness (QED) is 0.855. The molecular formula is C17H14ClFN4O2. The van der Waals surface area contributed by atoms with Crippen LogP contribution in [-0.4, -0.2) is 25.4 Å². The summed E-state index contributed by atoms with van der Waals surface area (Å²) in [6.45, 7) is -0.0698. The van der Waals surface area contributed by atoms with E-state index in [0.29, 0.717) is 16.3 Å². The van der Waals surface area contributed by atoms with E-state index < -0.39 is 17.6 Å². The average Bonchev–Trinajstić information content (AvgIpc) is 2.55. The highest BCUT2D eigenvalue weighted by atomic mass is 35.5. The third-order valence-corrected chi connectivity index (χ3v) is 3.62. The smallest absolute Gasteiger partial charge is 0.251 e. The minimum absolute atomic E-state index is 0.0698. The van der Waals surface area contributed by atoms with E-state index in [9.17, 15) is 14.0 Å². The van der Waals surface area contributed by atoms with Gasteiger partial charge in [-0.3, -0.25) is 9.59 Å². The van der Waals surface area contributed by atoms with Crippen LogP contribution >= 0.6 is 11.6 Å². The largest absolute Gasteiger partial charge is 0.366 e.